The minimum absolute atomic E-state index is 0.125. The van der Waals surface area contributed by atoms with Crippen LogP contribution in [-0.2, 0) is 0 Å². The minimum atomic E-state index is -0.634. The zero-order chi connectivity index (χ0) is 15.7. The first-order chi connectivity index (χ1) is 10.6. The predicted octanol–water partition coefficient (Wildman–Crippen LogP) is 4.34. The molecule has 2 aromatic carbocycles. The van der Waals surface area contributed by atoms with E-state index in [-0.39, 0.29) is 15.6 Å². The Morgan fingerprint density at radius 2 is 1.73 bits per heavy atom. The first-order valence-corrected chi connectivity index (χ1v) is 7.13. The number of carbonyl (C=O) groups is 1. The molecule has 0 saturated carbocycles. The fourth-order valence-corrected chi connectivity index (χ4v) is 2.66. The van der Waals surface area contributed by atoms with Gasteiger partial charge in [0.2, 0.25) is 0 Å². The first-order valence-electron chi connectivity index (χ1n) is 6.37. The molecule has 0 saturated heterocycles. The summed E-state index contributed by atoms with van der Waals surface area (Å²) in [6.07, 6.45) is 1.52. The van der Waals surface area contributed by atoms with Crippen LogP contribution in [0, 0.1) is 0 Å². The number of halogens is 2. The highest BCUT2D eigenvalue weighted by molar-refractivity contribution is 6.39. The maximum Gasteiger partial charge on any atom is 0.346 e. The van der Waals surface area contributed by atoms with Crippen LogP contribution in [-0.4, -0.2) is 11.0 Å². The summed E-state index contributed by atoms with van der Waals surface area (Å²) in [7, 11) is 0. The number of nitrogens with two attached hydrogens (primary N) is 1. The highest BCUT2D eigenvalue weighted by Crippen LogP contribution is 2.30. The maximum atomic E-state index is 12.3. The van der Waals surface area contributed by atoms with Gasteiger partial charge >= 0.3 is 5.97 Å². The van der Waals surface area contributed by atoms with Gasteiger partial charge in [0.15, 0.2) is 0 Å². The van der Waals surface area contributed by atoms with Crippen LogP contribution in [0.25, 0.3) is 10.9 Å². The Bertz CT molecular complexity index is 861. The molecule has 0 aliphatic heterocycles. The molecule has 0 aliphatic rings. The minimum Gasteiger partial charge on any atom is -0.422 e. The molecule has 0 bridgehead atoms. The number of pyridine rings is 1. The van der Waals surface area contributed by atoms with Gasteiger partial charge in [0.25, 0.3) is 0 Å². The molecule has 0 spiro atoms. The van der Waals surface area contributed by atoms with E-state index in [0.29, 0.717) is 22.3 Å². The third-order valence-corrected chi connectivity index (χ3v) is 3.76. The van der Waals surface area contributed by atoms with Gasteiger partial charge in [0, 0.05) is 11.6 Å². The second-order valence-corrected chi connectivity index (χ2v) is 5.35. The molecule has 0 radical (unpaired) electrons. The number of rotatable bonds is 2. The molecule has 1 aromatic heterocycles. The van der Waals surface area contributed by atoms with E-state index in [9.17, 15) is 4.79 Å². The lowest BCUT2D eigenvalue weighted by atomic mass is 10.1. The fourth-order valence-electron chi connectivity index (χ4n) is 2.11. The Kier molecular flexibility index (Phi) is 3.88. The Labute approximate surface area is 136 Å². The number of hydrogen-bond donors (Lipinski definition) is 1. The number of fused-ring (bicyclic) bond motifs is 1. The van der Waals surface area contributed by atoms with Gasteiger partial charge in [-0.1, -0.05) is 35.3 Å². The zero-order valence-electron chi connectivity index (χ0n) is 11.2. The topological polar surface area (TPSA) is 65.2 Å². The molecule has 4 nitrogen and oxygen atoms in total. The van der Waals surface area contributed by atoms with Gasteiger partial charge in [-0.15, -0.1) is 0 Å². The van der Waals surface area contributed by atoms with Crippen LogP contribution in [0.15, 0.2) is 48.7 Å². The summed E-state index contributed by atoms with van der Waals surface area (Å²) in [5.41, 5.74) is 7.07. The van der Waals surface area contributed by atoms with Gasteiger partial charge in [-0.25, -0.2) is 4.79 Å². The van der Waals surface area contributed by atoms with Crippen molar-refractivity contribution in [3.63, 3.8) is 0 Å². The quantitative estimate of drug-likeness (QED) is 0.559. The average molecular weight is 333 g/mol. The summed E-state index contributed by atoms with van der Waals surface area (Å²) < 4.78 is 5.43. The molecule has 2 N–H and O–H groups in total. The molecule has 22 heavy (non-hydrogen) atoms. The van der Waals surface area contributed by atoms with Crippen molar-refractivity contribution in [2.75, 3.05) is 5.73 Å². The van der Waals surface area contributed by atoms with Gasteiger partial charge in [0.05, 0.1) is 26.8 Å². The molecular formula is C16H10Cl2N2O2. The Hall–Kier alpha value is -2.30. The Morgan fingerprint density at radius 1 is 1.05 bits per heavy atom. The second kappa shape index (κ2) is 5.83. The van der Waals surface area contributed by atoms with Crippen molar-refractivity contribution in [3.8, 4) is 5.75 Å². The van der Waals surface area contributed by atoms with E-state index in [1.807, 2.05) is 0 Å². The van der Waals surface area contributed by atoms with E-state index in [2.05, 4.69) is 4.98 Å². The first kappa shape index (κ1) is 14.6. The summed E-state index contributed by atoms with van der Waals surface area (Å²) >= 11 is 12.0. The maximum absolute atomic E-state index is 12.3. The molecule has 0 atom stereocenters. The van der Waals surface area contributed by atoms with Crippen LogP contribution >= 0.6 is 23.2 Å². The number of esters is 1. The van der Waals surface area contributed by atoms with Crippen molar-refractivity contribution >= 4 is 45.8 Å². The average Bonchev–Trinajstić information content (AvgIpc) is 2.48. The number of benzene rings is 2. The van der Waals surface area contributed by atoms with Crippen LogP contribution in [0.5, 0.6) is 5.75 Å². The van der Waals surface area contributed by atoms with Gasteiger partial charge in [-0.2, -0.15) is 0 Å². The molecule has 110 valence electrons. The molecule has 0 unspecified atom stereocenters. The number of nitrogens with zero attached hydrogens (tertiary/aromatic N) is 1. The number of hydrogen-bond acceptors (Lipinski definition) is 4. The molecule has 3 rings (SSSR count). The smallest absolute Gasteiger partial charge is 0.346 e. The van der Waals surface area contributed by atoms with E-state index in [1.165, 1.54) is 6.20 Å². The van der Waals surface area contributed by atoms with Crippen molar-refractivity contribution in [1.82, 2.24) is 4.98 Å². The number of nitrogen functional groups attached to an aromatic ring is 1. The van der Waals surface area contributed by atoms with Crippen molar-refractivity contribution in [2.45, 2.75) is 0 Å². The van der Waals surface area contributed by atoms with E-state index < -0.39 is 5.97 Å². The molecule has 0 amide bonds. The predicted molar refractivity (Wildman–Crippen MR) is 87.6 cm³/mol. The van der Waals surface area contributed by atoms with Crippen molar-refractivity contribution < 1.29 is 9.53 Å². The summed E-state index contributed by atoms with van der Waals surface area (Å²) in [6.45, 7) is 0. The zero-order valence-corrected chi connectivity index (χ0v) is 12.7. The van der Waals surface area contributed by atoms with Gasteiger partial charge in [0.1, 0.15) is 5.75 Å². The normalized spacial score (nSPS) is 10.6. The third-order valence-electron chi connectivity index (χ3n) is 3.13. The molecule has 6 heteroatoms. The lowest BCUT2D eigenvalue weighted by Crippen LogP contribution is -2.10. The summed E-state index contributed by atoms with van der Waals surface area (Å²) in [5.74, 6) is -0.288. The van der Waals surface area contributed by atoms with Gasteiger partial charge in [-0.05, 0) is 30.3 Å². The Morgan fingerprint density at radius 3 is 2.45 bits per heavy atom. The second-order valence-electron chi connectivity index (χ2n) is 4.54. The number of carbonyl (C=O) groups excluding carboxylic acids is 1. The molecular weight excluding hydrogens is 323 g/mol. The Balaban J connectivity index is 2.04. The fraction of sp³-hybridized carbons (Fsp3) is 0. The van der Waals surface area contributed by atoms with Crippen LogP contribution < -0.4 is 10.5 Å². The summed E-state index contributed by atoms with van der Waals surface area (Å²) in [4.78, 5) is 16.5. The standard InChI is InChI=1S/C16H10Cl2N2O2/c17-10-4-2-5-11(18)14(10)16(21)22-13-7-8-20-15-9(13)3-1-6-12(15)19/h1-8H,19H2. The molecule has 0 fully saturated rings. The van der Waals surface area contributed by atoms with Crippen LogP contribution in [0.1, 0.15) is 10.4 Å². The summed E-state index contributed by atoms with van der Waals surface area (Å²) in [5, 5.41) is 1.10. The van der Waals surface area contributed by atoms with Crippen LogP contribution in [0.3, 0.4) is 0 Å². The number of aromatic nitrogens is 1. The molecule has 0 aliphatic carbocycles. The lowest BCUT2D eigenvalue weighted by molar-refractivity contribution is 0.0737. The third kappa shape index (κ3) is 2.58. The number of para-hydroxylation sites is 1. The van der Waals surface area contributed by atoms with E-state index >= 15 is 0 Å². The molecule has 1 heterocycles. The monoisotopic (exact) mass is 332 g/mol. The molecule has 3 aromatic rings. The van der Waals surface area contributed by atoms with Crippen molar-refractivity contribution in [2.24, 2.45) is 0 Å². The highest BCUT2D eigenvalue weighted by atomic mass is 35.5. The van der Waals surface area contributed by atoms with Gasteiger partial charge < -0.3 is 10.5 Å². The van der Waals surface area contributed by atoms with Crippen molar-refractivity contribution in [1.29, 1.82) is 0 Å². The van der Waals surface area contributed by atoms with Crippen molar-refractivity contribution in [3.05, 3.63) is 64.3 Å². The van der Waals surface area contributed by atoms with E-state index in [0.717, 1.165) is 0 Å². The van der Waals surface area contributed by atoms with E-state index in [1.54, 1.807) is 42.5 Å². The van der Waals surface area contributed by atoms with Gasteiger partial charge in [-0.3, -0.25) is 4.98 Å². The largest absolute Gasteiger partial charge is 0.422 e. The summed E-state index contributed by atoms with van der Waals surface area (Å²) in [6, 6.07) is 11.7. The number of ether oxygens (including phenoxy) is 1. The SMILES string of the molecule is Nc1cccc2c(OC(=O)c3c(Cl)cccc3Cl)ccnc12. The highest BCUT2D eigenvalue weighted by Gasteiger charge is 2.18. The number of anilines is 1. The lowest BCUT2D eigenvalue weighted by Gasteiger charge is -2.10. The van der Waals surface area contributed by atoms with Crippen LogP contribution in [0.4, 0.5) is 5.69 Å². The van der Waals surface area contributed by atoms with Crippen LogP contribution in [0.2, 0.25) is 10.0 Å². The van der Waals surface area contributed by atoms with E-state index in [4.69, 9.17) is 33.7 Å².